The van der Waals surface area contributed by atoms with Gasteiger partial charge in [-0.3, -0.25) is 0 Å². The summed E-state index contributed by atoms with van der Waals surface area (Å²) in [7, 11) is 0. The van der Waals surface area contributed by atoms with Crippen LogP contribution in [0.3, 0.4) is 0 Å². The largest absolute Gasteiger partial charge is 0.436 e. The van der Waals surface area contributed by atoms with E-state index in [1.165, 1.54) is 49.0 Å². The van der Waals surface area contributed by atoms with Crippen molar-refractivity contribution in [3.05, 3.63) is 103 Å². The van der Waals surface area contributed by atoms with Crippen LogP contribution in [0.2, 0.25) is 0 Å². The van der Waals surface area contributed by atoms with Crippen molar-refractivity contribution in [1.82, 2.24) is 4.98 Å². The zero-order valence-electron chi connectivity index (χ0n) is 20.1. The van der Waals surface area contributed by atoms with E-state index in [9.17, 15) is 0 Å². The Morgan fingerprint density at radius 2 is 1.20 bits per heavy atom. The number of nitrogens with zero attached hydrogens (tertiary/aromatic N) is 1. The van der Waals surface area contributed by atoms with Crippen LogP contribution in [0.4, 0.5) is 0 Å². The van der Waals surface area contributed by atoms with Crippen molar-refractivity contribution in [2.45, 2.75) is 26.2 Å². The zero-order chi connectivity index (χ0) is 23.7. The van der Waals surface area contributed by atoms with E-state index < -0.39 is 0 Å². The van der Waals surface area contributed by atoms with Gasteiger partial charge in [-0.05, 0) is 72.6 Å². The SMILES string of the molecule is CC(C)(C)c1ccc(-c2ccc3ccc4c(-c5nc6ccccc6o5)ccc5ccc2c3c54)cc1. The molecule has 1 aromatic heterocycles. The van der Waals surface area contributed by atoms with Gasteiger partial charge >= 0.3 is 0 Å². The first-order valence-corrected chi connectivity index (χ1v) is 12.1. The van der Waals surface area contributed by atoms with Gasteiger partial charge in [0.15, 0.2) is 5.58 Å². The minimum Gasteiger partial charge on any atom is -0.436 e. The summed E-state index contributed by atoms with van der Waals surface area (Å²) >= 11 is 0. The van der Waals surface area contributed by atoms with Gasteiger partial charge in [0, 0.05) is 5.56 Å². The molecule has 7 rings (SSSR count). The molecule has 0 saturated heterocycles. The molecule has 1 heterocycles. The first-order chi connectivity index (χ1) is 17.0. The molecule has 0 bridgehead atoms. The molecule has 2 nitrogen and oxygen atoms in total. The number of fused-ring (bicyclic) bond motifs is 1. The van der Waals surface area contributed by atoms with Crippen molar-refractivity contribution >= 4 is 43.4 Å². The average molecular weight is 452 g/mol. The summed E-state index contributed by atoms with van der Waals surface area (Å²) in [6, 6.07) is 34.8. The van der Waals surface area contributed by atoms with Gasteiger partial charge in [-0.2, -0.15) is 0 Å². The van der Waals surface area contributed by atoms with Crippen molar-refractivity contribution in [3.63, 3.8) is 0 Å². The second kappa shape index (κ2) is 7.16. The Morgan fingerprint density at radius 3 is 1.86 bits per heavy atom. The highest BCUT2D eigenvalue weighted by molar-refractivity contribution is 6.27. The van der Waals surface area contributed by atoms with Crippen LogP contribution in [0, 0.1) is 0 Å². The fourth-order valence-corrected chi connectivity index (χ4v) is 5.38. The Labute approximate surface area is 204 Å². The van der Waals surface area contributed by atoms with Gasteiger partial charge in [0.05, 0.1) is 0 Å². The third-order valence-electron chi connectivity index (χ3n) is 7.25. The van der Waals surface area contributed by atoms with E-state index in [0.717, 1.165) is 16.7 Å². The smallest absolute Gasteiger partial charge is 0.227 e. The lowest BCUT2D eigenvalue weighted by Gasteiger charge is -2.20. The summed E-state index contributed by atoms with van der Waals surface area (Å²) in [6.07, 6.45) is 0. The molecule has 0 atom stereocenters. The van der Waals surface area contributed by atoms with E-state index in [4.69, 9.17) is 9.40 Å². The molecule has 0 fully saturated rings. The highest BCUT2D eigenvalue weighted by Crippen LogP contribution is 2.42. The summed E-state index contributed by atoms with van der Waals surface area (Å²) in [5, 5.41) is 7.51. The topological polar surface area (TPSA) is 26.0 Å². The second-order valence-corrected chi connectivity index (χ2v) is 10.5. The Morgan fingerprint density at radius 1 is 0.600 bits per heavy atom. The Kier molecular flexibility index (Phi) is 4.14. The van der Waals surface area contributed by atoms with E-state index in [1.54, 1.807) is 0 Å². The Hall–Kier alpha value is -4.17. The lowest BCUT2D eigenvalue weighted by Crippen LogP contribution is -2.10. The highest BCUT2D eigenvalue weighted by Gasteiger charge is 2.18. The fourth-order valence-electron chi connectivity index (χ4n) is 5.38. The van der Waals surface area contributed by atoms with Crippen LogP contribution in [0.1, 0.15) is 26.3 Å². The predicted octanol–water partition coefficient (Wildman–Crippen LogP) is 9.36. The molecule has 0 unspecified atom stereocenters. The molecule has 35 heavy (non-hydrogen) atoms. The molecule has 0 amide bonds. The fraction of sp³-hybridized carbons (Fsp3) is 0.121. The van der Waals surface area contributed by atoms with Crippen LogP contribution in [-0.2, 0) is 5.41 Å². The first kappa shape index (κ1) is 20.2. The molecule has 0 aliphatic rings. The molecule has 0 N–H and O–H groups in total. The maximum atomic E-state index is 6.16. The maximum absolute atomic E-state index is 6.16. The van der Waals surface area contributed by atoms with Crippen molar-refractivity contribution in [2.75, 3.05) is 0 Å². The summed E-state index contributed by atoms with van der Waals surface area (Å²) in [6.45, 7) is 6.77. The monoisotopic (exact) mass is 451 g/mol. The summed E-state index contributed by atoms with van der Waals surface area (Å²) in [5.74, 6) is 0.669. The van der Waals surface area contributed by atoms with Crippen molar-refractivity contribution in [3.8, 4) is 22.6 Å². The van der Waals surface area contributed by atoms with Gasteiger partial charge in [0.2, 0.25) is 5.89 Å². The number of para-hydroxylation sites is 2. The van der Waals surface area contributed by atoms with Crippen LogP contribution >= 0.6 is 0 Å². The van der Waals surface area contributed by atoms with Crippen molar-refractivity contribution < 1.29 is 4.42 Å². The molecule has 0 aliphatic heterocycles. The zero-order valence-corrected chi connectivity index (χ0v) is 20.1. The van der Waals surface area contributed by atoms with E-state index in [-0.39, 0.29) is 5.41 Å². The number of aromatic nitrogens is 1. The highest BCUT2D eigenvalue weighted by atomic mass is 16.3. The van der Waals surface area contributed by atoms with Gasteiger partial charge in [-0.25, -0.2) is 4.98 Å². The third kappa shape index (κ3) is 3.06. The molecular weight excluding hydrogens is 426 g/mol. The number of hydrogen-bond acceptors (Lipinski definition) is 2. The van der Waals surface area contributed by atoms with Crippen LogP contribution in [0.25, 0.3) is 66.0 Å². The number of benzene rings is 6. The maximum Gasteiger partial charge on any atom is 0.227 e. The first-order valence-electron chi connectivity index (χ1n) is 12.1. The summed E-state index contributed by atoms with van der Waals surface area (Å²) < 4.78 is 6.16. The molecule has 7 aromatic rings. The molecule has 0 radical (unpaired) electrons. The molecule has 0 spiro atoms. The average Bonchev–Trinajstić information content (AvgIpc) is 3.31. The van der Waals surface area contributed by atoms with E-state index >= 15 is 0 Å². The van der Waals surface area contributed by atoms with Crippen LogP contribution in [-0.4, -0.2) is 4.98 Å². The normalized spacial score (nSPS) is 12.4. The van der Waals surface area contributed by atoms with Gasteiger partial charge in [0.1, 0.15) is 5.52 Å². The second-order valence-electron chi connectivity index (χ2n) is 10.5. The number of rotatable bonds is 2. The summed E-state index contributed by atoms with van der Waals surface area (Å²) in [4.78, 5) is 4.79. The minimum atomic E-state index is 0.141. The van der Waals surface area contributed by atoms with Crippen molar-refractivity contribution in [2.24, 2.45) is 0 Å². The summed E-state index contributed by atoms with van der Waals surface area (Å²) in [5.41, 5.74) is 6.73. The number of hydrogen-bond donors (Lipinski definition) is 0. The molecule has 2 heteroatoms. The van der Waals surface area contributed by atoms with Gasteiger partial charge < -0.3 is 4.42 Å². The van der Waals surface area contributed by atoms with Gasteiger partial charge in [0.25, 0.3) is 0 Å². The van der Waals surface area contributed by atoms with E-state index in [2.05, 4.69) is 93.6 Å². The van der Waals surface area contributed by atoms with Crippen molar-refractivity contribution in [1.29, 1.82) is 0 Å². The predicted molar refractivity (Wildman–Crippen MR) is 147 cm³/mol. The van der Waals surface area contributed by atoms with E-state index in [0.29, 0.717) is 5.89 Å². The Bertz CT molecular complexity index is 1830. The molecule has 168 valence electrons. The van der Waals surface area contributed by atoms with E-state index in [1.807, 2.05) is 24.3 Å². The van der Waals surface area contributed by atoms with Crippen LogP contribution < -0.4 is 0 Å². The standard InChI is InChI=1S/C33H25NO/c1-33(2,3)23-14-8-20(9-15-23)24-16-10-21-12-18-26-27(32-34-28-6-4-5-7-29(28)35-32)19-13-22-11-17-25(24)30(21)31(22)26/h4-19H,1-3H3. The lowest BCUT2D eigenvalue weighted by molar-refractivity contribution is 0.590. The Balaban J connectivity index is 1.49. The molecule has 0 saturated carbocycles. The molecule has 0 aliphatic carbocycles. The van der Waals surface area contributed by atoms with Gasteiger partial charge in [-0.15, -0.1) is 0 Å². The van der Waals surface area contributed by atoms with Crippen LogP contribution in [0.15, 0.2) is 101 Å². The lowest BCUT2D eigenvalue weighted by atomic mass is 9.85. The number of oxazole rings is 1. The molecule has 6 aromatic carbocycles. The van der Waals surface area contributed by atoms with Crippen LogP contribution in [0.5, 0.6) is 0 Å². The third-order valence-corrected chi connectivity index (χ3v) is 7.25. The van der Waals surface area contributed by atoms with Gasteiger partial charge in [-0.1, -0.05) is 99.6 Å². The quantitative estimate of drug-likeness (QED) is 0.245. The molecular formula is C33H25NO. The minimum absolute atomic E-state index is 0.141.